The first kappa shape index (κ1) is 32.2. The minimum absolute atomic E-state index is 0.0353. The Balaban J connectivity index is 4.90. The number of carbonyl (C=O) groups is 4. The number of rotatable bonds is 14. The van der Waals surface area contributed by atoms with Gasteiger partial charge in [-0.2, -0.15) is 39.5 Å². The fourth-order valence-electron chi connectivity index (χ4n) is 2.63. The van der Waals surface area contributed by atoms with Crippen LogP contribution in [0.25, 0.3) is 0 Å². The molecule has 3 amide bonds. The summed E-state index contributed by atoms with van der Waals surface area (Å²) in [6.07, 6.45) is -16.0. The van der Waals surface area contributed by atoms with Crippen molar-refractivity contribution in [2.45, 2.75) is 37.8 Å². The van der Waals surface area contributed by atoms with E-state index in [1.807, 2.05) is 0 Å². The first-order chi connectivity index (χ1) is 15.9. The lowest BCUT2D eigenvalue weighted by atomic mass is 10.2. The van der Waals surface area contributed by atoms with E-state index >= 15 is 0 Å². The standard InChI is InChI=1S/C17H23F9N4O5/c18-15(19,20)12(33)27-4-1-6-29(7-2-5-28-13(34)16(21,22)23)8-3-9-30(10-11(31)32)14(35)17(24,25)26/h1-10H2,(H,27,33)(H,28,34)(H,31,32). The predicted molar refractivity (Wildman–Crippen MR) is 98.7 cm³/mol. The zero-order chi connectivity index (χ0) is 27.4. The van der Waals surface area contributed by atoms with Crippen LogP contribution in [0.3, 0.4) is 0 Å². The number of aliphatic carboxylic acids is 1. The highest BCUT2D eigenvalue weighted by molar-refractivity contribution is 5.85. The zero-order valence-electron chi connectivity index (χ0n) is 17.9. The summed E-state index contributed by atoms with van der Waals surface area (Å²) in [7, 11) is 0. The maximum absolute atomic E-state index is 12.6. The molecule has 0 aromatic rings. The number of carboxylic acid groups (broad SMARTS) is 1. The molecule has 0 heterocycles. The van der Waals surface area contributed by atoms with Gasteiger partial charge >= 0.3 is 42.2 Å². The molecule has 0 spiro atoms. The van der Waals surface area contributed by atoms with Gasteiger partial charge in [0.05, 0.1) is 0 Å². The molecule has 0 saturated carbocycles. The number of nitrogens with one attached hydrogen (secondary N) is 2. The molecule has 0 aliphatic carbocycles. The summed E-state index contributed by atoms with van der Waals surface area (Å²) < 4.78 is 111. The molecule has 204 valence electrons. The van der Waals surface area contributed by atoms with E-state index in [4.69, 9.17) is 5.11 Å². The second kappa shape index (κ2) is 13.9. The maximum atomic E-state index is 12.6. The zero-order valence-corrected chi connectivity index (χ0v) is 17.9. The van der Waals surface area contributed by atoms with Gasteiger partial charge in [-0.25, -0.2) is 0 Å². The van der Waals surface area contributed by atoms with Crippen molar-refractivity contribution in [3.05, 3.63) is 0 Å². The van der Waals surface area contributed by atoms with Gasteiger partial charge in [-0.1, -0.05) is 0 Å². The van der Waals surface area contributed by atoms with Crippen molar-refractivity contribution in [1.82, 2.24) is 20.4 Å². The van der Waals surface area contributed by atoms with Gasteiger partial charge in [-0.05, 0) is 38.9 Å². The van der Waals surface area contributed by atoms with E-state index in [9.17, 15) is 58.7 Å². The Morgan fingerprint density at radius 2 is 1.03 bits per heavy atom. The SMILES string of the molecule is O=C(O)CN(CCCN(CCCNC(=O)C(F)(F)F)CCCNC(=O)C(F)(F)F)C(=O)C(F)(F)F. The normalized spacial score (nSPS) is 12.4. The molecule has 0 aromatic carbocycles. The number of carboxylic acids is 1. The highest BCUT2D eigenvalue weighted by Gasteiger charge is 2.43. The van der Waals surface area contributed by atoms with Crippen LogP contribution in [0.15, 0.2) is 0 Å². The Morgan fingerprint density at radius 1 is 0.629 bits per heavy atom. The Bertz CT molecular complexity index is 692. The highest BCUT2D eigenvalue weighted by Crippen LogP contribution is 2.19. The molecule has 0 atom stereocenters. The second-order valence-corrected chi connectivity index (χ2v) is 7.03. The third-order valence-corrected chi connectivity index (χ3v) is 4.15. The monoisotopic (exact) mass is 534 g/mol. The summed E-state index contributed by atoms with van der Waals surface area (Å²) in [4.78, 5) is 45.1. The van der Waals surface area contributed by atoms with Crippen molar-refractivity contribution >= 4 is 23.7 Å². The molecule has 0 saturated heterocycles. The van der Waals surface area contributed by atoms with E-state index in [0.717, 1.165) is 0 Å². The maximum Gasteiger partial charge on any atom is 0.471 e. The van der Waals surface area contributed by atoms with Crippen LogP contribution in [0.2, 0.25) is 0 Å². The van der Waals surface area contributed by atoms with Crippen molar-refractivity contribution in [2.24, 2.45) is 0 Å². The summed E-state index contributed by atoms with van der Waals surface area (Å²) in [5.74, 6) is -8.50. The van der Waals surface area contributed by atoms with Gasteiger partial charge in [0.15, 0.2) is 0 Å². The van der Waals surface area contributed by atoms with Crippen molar-refractivity contribution < 1.29 is 63.8 Å². The summed E-state index contributed by atoms with van der Waals surface area (Å²) in [6, 6.07) is 0. The second-order valence-electron chi connectivity index (χ2n) is 7.03. The molecule has 0 aliphatic rings. The number of nitrogens with zero attached hydrogens (tertiary/aromatic N) is 2. The molecule has 0 aromatic heterocycles. The summed E-state index contributed by atoms with van der Waals surface area (Å²) in [6.45, 7) is -3.03. The fourth-order valence-corrected chi connectivity index (χ4v) is 2.63. The number of amides is 3. The largest absolute Gasteiger partial charge is 0.480 e. The van der Waals surface area contributed by atoms with Gasteiger partial charge in [0.1, 0.15) is 6.54 Å². The Hall–Kier alpha value is -2.79. The molecule has 0 rings (SSSR count). The van der Waals surface area contributed by atoms with Gasteiger partial charge in [-0.15, -0.1) is 0 Å². The molecular formula is C17H23F9N4O5. The molecule has 0 unspecified atom stereocenters. The Kier molecular flexibility index (Phi) is 12.8. The first-order valence-corrected chi connectivity index (χ1v) is 9.86. The van der Waals surface area contributed by atoms with Gasteiger partial charge < -0.3 is 25.5 Å². The van der Waals surface area contributed by atoms with E-state index < -0.39 is 68.4 Å². The highest BCUT2D eigenvalue weighted by atomic mass is 19.4. The quantitative estimate of drug-likeness (QED) is 0.228. The van der Waals surface area contributed by atoms with Crippen LogP contribution in [0.1, 0.15) is 19.3 Å². The van der Waals surface area contributed by atoms with Crippen LogP contribution in [-0.4, -0.2) is 103 Å². The molecule has 35 heavy (non-hydrogen) atoms. The average molecular weight is 534 g/mol. The molecule has 3 N–H and O–H groups in total. The molecule has 0 fully saturated rings. The van der Waals surface area contributed by atoms with Gasteiger partial charge in [0.2, 0.25) is 0 Å². The average Bonchev–Trinajstić information content (AvgIpc) is 2.69. The smallest absolute Gasteiger partial charge is 0.471 e. The van der Waals surface area contributed by atoms with E-state index in [2.05, 4.69) is 0 Å². The molecular weight excluding hydrogens is 511 g/mol. The molecule has 0 radical (unpaired) electrons. The summed E-state index contributed by atoms with van der Waals surface area (Å²) in [5, 5.41) is 11.9. The van der Waals surface area contributed by atoms with E-state index in [-0.39, 0.29) is 43.8 Å². The van der Waals surface area contributed by atoms with Crippen LogP contribution in [0.5, 0.6) is 0 Å². The van der Waals surface area contributed by atoms with Crippen molar-refractivity contribution in [1.29, 1.82) is 0 Å². The van der Waals surface area contributed by atoms with Crippen molar-refractivity contribution in [3.8, 4) is 0 Å². The Labute approximate surface area is 192 Å². The lowest BCUT2D eigenvalue weighted by Gasteiger charge is -2.26. The van der Waals surface area contributed by atoms with Crippen LogP contribution in [0, 0.1) is 0 Å². The minimum Gasteiger partial charge on any atom is -0.480 e. The van der Waals surface area contributed by atoms with E-state index in [0.29, 0.717) is 0 Å². The molecule has 18 heteroatoms. The van der Waals surface area contributed by atoms with E-state index in [1.165, 1.54) is 4.90 Å². The summed E-state index contributed by atoms with van der Waals surface area (Å²) in [5.41, 5.74) is 0. The minimum atomic E-state index is -5.33. The van der Waals surface area contributed by atoms with Crippen molar-refractivity contribution in [3.63, 3.8) is 0 Å². The molecule has 9 nitrogen and oxygen atoms in total. The number of carbonyl (C=O) groups excluding carboxylic acids is 3. The number of alkyl halides is 9. The van der Waals surface area contributed by atoms with Crippen LogP contribution >= 0.6 is 0 Å². The van der Waals surface area contributed by atoms with Gasteiger partial charge in [0, 0.05) is 19.6 Å². The molecule has 0 bridgehead atoms. The Morgan fingerprint density at radius 3 is 1.37 bits per heavy atom. The third kappa shape index (κ3) is 14.3. The van der Waals surface area contributed by atoms with Crippen LogP contribution in [-0.2, 0) is 19.2 Å². The van der Waals surface area contributed by atoms with Crippen molar-refractivity contribution in [2.75, 3.05) is 45.8 Å². The predicted octanol–water partition coefficient (Wildman–Crippen LogP) is 1.29. The lowest BCUT2D eigenvalue weighted by molar-refractivity contribution is -0.186. The lowest BCUT2D eigenvalue weighted by Crippen LogP contribution is -2.45. The topological polar surface area (TPSA) is 119 Å². The van der Waals surface area contributed by atoms with E-state index in [1.54, 1.807) is 10.6 Å². The summed E-state index contributed by atoms with van der Waals surface area (Å²) >= 11 is 0. The third-order valence-electron chi connectivity index (χ3n) is 4.15. The number of hydrogen-bond donors (Lipinski definition) is 3. The van der Waals surface area contributed by atoms with Gasteiger partial charge in [0.25, 0.3) is 0 Å². The number of hydrogen-bond acceptors (Lipinski definition) is 5. The number of halogens is 9. The molecule has 0 aliphatic heterocycles. The fraction of sp³-hybridized carbons (Fsp3) is 0.765. The van der Waals surface area contributed by atoms with Crippen LogP contribution < -0.4 is 10.6 Å². The van der Waals surface area contributed by atoms with Crippen LogP contribution in [0.4, 0.5) is 39.5 Å². The van der Waals surface area contributed by atoms with Gasteiger partial charge in [-0.3, -0.25) is 19.2 Å². The first-order valence-electron chi connectivity index (χ1n) is 9.86.